The van der Waals surface area contributed by atoms with Crippen LogP contribution in [0.15, 0.2) is 29.4 Å². The van der Waals surface area contributed by atoms with Crippen LogP contribution in [0.1, 0.15) is 13.3 Å². The first-order valence-corrected chi connectivity index (χ1v) is 6.22. The van der Waals surface area contributed by atoms with Gasteiger partial charge < -0.3 is 21.2 Å². The van der Waals surface area contributed by atoms with Gasteiger partial charge in [-0.15, -0.1) is 0 Å². The number of hydrogen-bond acceptors (Lipinski definition) is 3. The van der Waals surface area contributed by atoms with Crippen LogP contribution in [0.3, 0.4) is 0 Å². The quantitative estimate of drug-likeness (QED) is 0.335. The number of amidine groups is 1. The van der Waals surface area contributed by atoms with E-state index in [1.165, 1.54) is 4.90 Å². The Bertz CT molecular complexity index is 465. The van der Waals surface area contributed by atoms with Crippen LogP contribution in [-0.2, 0) is 0 Å². The molecular formula is C12H17ClN4O2. The minimum atomic E-state index is -0.323. The summed E-state index contributed by atoms with van der Waals surface area (Å²) in [6, 6.07) is 6.52. The largest absolute Gasteiger partial charge is 0.409 e. The maximum Gasteiger partial charge on any atom is 0.322 e. The van der Waals surface area contributed by atoms with Gasteiger partial charge in [0.25, 0.3) is 0 Å². The molecular weight excluding hydrogens is 268 g/mol. The van der Waals surface area contributed by atoms with Gasteiger partial charge in [0.2, 0.25) is 0 Å². The van der Waals surface area contributed by atoms with Crippen molar-refractivity contribution in [1.82, 2.24) is 4.90 Å². The number of carbonyl (C=O) groups is 1. The van der Waals surface area contributed by atoms with Crippen molar-refractivity contribution in [3.63, 3.8) is 0 Å². The molecule has 0 unspecified atom stereocenters. The van der Waals surface area contributed by atoms with Crippen LogP contribution in [0.5, 0.6) is 0 Å². The van der Waals surface area contributed by atoms with E-state index >= 15 is 0 Å². The minimum absolute atomic E-state index is 0.0188. The minimum Gasteiger partial charge on any atom is -0.409 e. The fourth-order valence-electron chi connectivity index (χ4n) is 1.52. The molecule has 0 aliphatic heterocycles. The molecule has 7 heteroatoms. The molecule has 4 N–H and O–H groups in total. The second-order valence-electron chi connectivity index (χ2n) is 3.95. The van der Waals surface area contributed by atoms with Crippen molar-refractivity contribution in [1.29, 1.82) is 0 Å². The van der Waals surface area contributed by atoms with E-state index in [9.17, 15) is 4.79 Å². The number of nitrogens with two attached hydrogens (primary N) is 1. The van der Waals surface area contributed by atoms with Gasteiger partial charge in [-0.3, -0.25) is 0 Å². The highest BCUT2D eigenvalue weighted by Gasteiger charge is 2.14. The monoisotopic (exact) mass is 284 g/mol. The van der Waals surface area contributed by atoms with E-state index in [1.807, 2.05) is 6.92 Å². The average Bonchev–Trinajstić information content (AvgIpc) is 2.38. The normalized spacial score (nSPS) is 11.2. The van der Waals surface area contributed by atoms with Crippen LogP contribution >= 0.6 is 11.6 Å². The van der Waals surface area contributed by atoms with Gasteiger partial charge in [0.1, 0.15) is 0 Å². The molecule has 0 atom stereocenters. The number of rotatable bonds is 5. The van der Waals surface area contributed by atoms with E-state index in [2.05, 4.69) is 10.5 Å². The first-order valence-electron chi connectivity index (χ1n) is 5.84. The number of carbonyl (C=O) groups excluding carboxylic acids is 1. The van der Waals surface area contributed by atoms with Gasteiger partial charge in [-0.05, 0) is 24.6 Å². The fourth-order valence-corrected chi connectivity index (χ4v) is 1.71. The average molecular weight is 285 g/mol. The predicted octanol–water partition coefficient (Wildman–Crippen LogP) is 2.33. The highest BCUT2D eigenvalue weighted by molar-refractivity contribution is 6.30. The number of nitrogens with one attached hydrogen (secondary N) is 1. The summed E-state index contributed by atoms with van der Waals surface area (Å²) in [7, 11) is 0. The van der Waals surface area contributed by atoms with E-state index in [-0.39, 0.29) is 18.4 Å². The second-order valence-corrected chi connectivity index (χ2v) is 4.39. The van der Waals surface area contributed by atoms with E-state index in [0.29, 0.717) is 17.3 Å². The molecule has 1 aromatic carbocycles. The molecule has 0 heterocycles. The van der Waals surface area contributed by atoms with E-state index in [4.69, 9.17) is 22.5 Å². The Kier molecular flexibility index (Phi) is 5.95. The van der Waals surface area contributed by atoms with Gasteiger partial charge in [0.15, 0.2) is 5.84 Å². The Balaban J connectivity index is 2.71. The maximum absolute atomic E-state index is 12.0. The van der Waals surface area contributed by atoms with Crippen LogP contribution in [0.4, 0.5) is 10.5 Å². The summed E-state index contributed by atoms with van der Waals surface area (Å²) in [6.45, 7) is 2.51. The predicted molar refractivity (Wildman–Crippen MR) is 75.7 cm³/mol. The van der Waals surface area contributed by atoms with Gasteiger partial charge >= 0.3 is 6.03 Å². The summed E-state index contributed by atoms with van der Waals surface area (Å²) < 4.78 is 0. The highest BCUT2D eigenvalue weighted by atomic mass is 35.5. The van der Waals surface area contributed by atoms with Crippen LogP contribution in [0, 0.1) is 0 Å². The summed E-state index contributed by atoms with van der Waals surface area (Å²) in [5.74, 6) is -0.0188. The zero-order valence-electron chi connectivity index (χ0n) is 10.6. The summed E-state index contributed by atoms with van der Waals surface area (Å²) in [4.78, 5) is 13.5. The summed E-state index contributed by atoms with van der Waals surface area (Å²) in [6.07, 6.45) is 0.766. The van der Waals surface area contributed by atoms with Crippen molar-refractivity contribution in [3.05, 3.63) is 29.3 Å². The molecule has 6 nitrogen and oxygen atoms in total. The smallest absolute Gasteiger partial charge is 0.322 e. The topological polar surface area (TPSA) is 90.9 Å². The van der Waals surface area contributed by atoms with Crippen molar-refractivity contribution in [2.75, 3.05) is 18.4 Å². The van der Waals surface area contributed by atoms with Crippen molar-refractivity contribution in [3.8, 4) is 0 Å². The molecule has 0 saturated heterocycles. The number of hydrogen-bond donors (Lipinski definition) is 3. The van der Waals surface area contributed by atoms with Gasteiger partial charge in [-0.2, -0.15) is 0 Å². The number of benzene rings is 1. The Labute approximate surface area is 116 Å². The van der Waals surface area contributed by atoms with Crippen molar-refractivity contribution in [2.24, 2.45) is 10.9 Å². The summed E-state index contributed by atoms with van der Waals surface area (Å²) >= 11 is 5.84. The molecule has 104 valence electrons. The zero-order valence-corrected chi connectivity index (χ0v) is 11.4. The van der Waals surface area contributed by atoms with Gasteiger partial charge in [-0.1, -0.05) is 29.7 Å². The molecule has 0 spiro atoms. The third kappa shape index (κ3) is 5.05. The molecule has 1 rings (SSSR count). The molecule has 0 fully saturated rings. The molecule has 0 saturated carbocycles. The molecule has 0 aliphatic rings. The Morgan fingerprint density at radius 1 is 1.58 bits per heavy atom. The van der Waals surface area contributed by atoms with E-state index < -0.39 is 0 Å². The lowest BCUT2D eigenvalue weighted by Gasteiger charge is -2.21. The molecule has 0 bridgehead atoms. The van der Waals surface area contributed by atoms with Crippen molar-refractivity contribution in [2.45, 2.75) is 13.3 Å². The number of anilines is 1. The molecule has 0 aliphatic carbocycles. The van der Waals surface area contributed by atoms with Crippen molar-refractivity contribution < 1.29 is 10.0 Å². The maximum atomic E-state index is 12.0. The van der Waals surface area contributed by atoms with Gasteiger partial charge in [0, 0.05) is 17.3 Å². The molecule has 2 amide bonds. The first kappa shape index (κ1) is 15.1. The third-order valence-corrected chi connectivity index (χ3v) is 2.57. The van der Waals surface area contributed by atoms with E-state index in [1.54, 1.807) is 24.3 Å². The van der Waals surface area contributed by atoms with Crippen LogP contribution in [-0.4, -0.2) is 35.1 Å². The molecule has 0 radical (unpaired) electrons. The van der Waals surface area contributed by atoms with E-state index in [0.717, 1.165) is 6.42 Å². The lowest BCUT2D eigenvalue weighted by atomic mass is 10.3. The standard InChI is InChI=1S/C12H17ClN4O2/c1-2-6-17(8-11(14)16-19)12(18)15-10-5-3-4-9(13)7-10/h3-5,7,19H,2,6,8H2,1H3,(H2,14,16)(H,15,18). The molecule has 19 heavy (non-hydrogen) atoms. The number of urea groups is 1. The number of nitrogens with zero attached hydrogens (tertiary/aromatic N) is 2. The molecule has 1 aromatic rings. The van der Waals surface area contributed by atoms with Crippen molar-refractivity contribution >= 4 is 29.2 Å². The lowest BCUT2D eigenvalue weighted by molar-refractivity contribution is 0.218. The van der Waals surface area contributed by atoms with Crippen LogP contribution in [0.25, 0.3) is 0 Å². The number of oxime groups is 1. The van der Waals surface area contributed by atoms with Crippen LogP contribution in [0.2, 0.25) is 5.02 Å². The highest BCUT2D eigenvalue weighted by Crippen LogP contribution is 2.15. The summed E-state index contributed by atoms with van der Waals surface area (Å²) in [5.41, 5.74) is 6.01. The van der Waals surface area contributed by atoms with Gasteiger partial charge in [-0.25, -0.2) is 4.79 Å². The zero-order chi connectivity index (χ0) is 14.3. The molecule has 0 aromatic heterocycles. The SMILES string of the molecule is CCCN(CC(N)=NO)C(=O)Nc1cccc(Cl)c1. The number of halogens is 1. The fraction of sp³-hybridized carbons (Fsp3) is 0.333. The number of amides is 2. The Morgan fingerprint density at radius 2 is 2.32 bits per heavy atom. The lowest BCUT2D eigenvalue weighted by Crippen LogP contribution is -2.41. The Morgan fingerprint density at radius 3 is 2.89 bits per heavy atom. The summed E-state index contributed by atoms with van der Waals surface area (Å²) in [5, 5.41) is 14.7. The second kappa shape index (κ2) is 7.48. The first-order chi connectivity index (χ1) is 9.06. The van der Waals surface area contributed by atoms with Gasteiger partial charge in [0.05, 0.1) is 6.54 Å². The Hall–Kier alpha value is -1.95. The van der Waals surface area contributed by atoms with Crippen LogP contribution < -0.4 is 11.1 Å². The third-order valence-electron chi connectivity index (χ3n) is 2.34.